The van der Waals surface area contributed by atoms with Crippen molar-refractivity contribution in [2.45, 2.75) is 18.9 Å². The van der Waals surface area contributed by atoms with Crippen LogP contribution in [-0.2, 0) is 19.1 Å². The molecule has 33 heavy (non-hydrogen) atoms. The first-order valence-electron chi connectivity index (χ1n) is 11.0. The number of alkyl carbamates (subject to hydrolysis) is 1. The van der Waals surface area contributed by atoms with Crippen LogP contribution < -0.4 is 5.32 Å². The van der Waals surface area contributed by atoms with Crippen LogP contribution in [0, 0.1) is 11.8 Å². The van der Waals surface area contributed by atoms with Crippen molar-refractivity contribution in [2.24, 2.45) is 11.8 Å². The number of nitrogens with one attached hydrogen (secondary N) is 1. The number of benzene rings is 2. The summed E-state index contributed by atoms with van der Waals surface area (Å²) in [7, 11) is 1.45. The minimum absolute atomic E-state index is 0.00131. The lowest BCUT2D eigenvalue weighted by Gasteiger charge is -2.42. The quantitative estimate of drug-likeness (QED) is 0.638. The van der Waals surface area contributed by atoms with E-state index in [4.69, 9.17) is 14.6 Å². The molecule has 174 valence electrons. The molecule has 2 N–H and O–H groups in total. The van der Waals surface area contributed by atoms with Crippen LogP contribution in [0.25, 0.3) is 11.1 Å². The number of likely N-dealkylation sites (tertiary alicyclic amines) is 1. The first kappa shape index (κ1) is 22.8. The summed E-state index contributed by atoms with van der Waals surface area (Å²) in [6.45, 7) is 2.47. The Hall–Kier alpha value is -3.39. The summed E-state index contributed by atoms with van der Waals surface area (Å²) in [6, 6.07) is 15.2. The standard InChI is InChI=1S/C25H28N2O6/c1-15(24(29)30)16-11-27(12-16)23(28)22(14-32-2)26-25(31)33-13-21-19-9-5-3-7-17(19)18-8-4-6-10-20(18)21/h3-10,15-16,21-22H,11-14H2,1-2H3,(H,26,31)(H,29,30)/t15?,22-/m0/s1. The third-order valence-electron chi connectivity index (χ3n) is 6.59. The Labute approximate surface area is 192 Å². The molecule has 1 fully saturated rings. The van der Waals surface area contributed by atoms with E-state index >= 15 is 0 Å². The normalized spacial score (nSPS) is 16.8. The fourth-order valence-corrected chi connectivity index (χ4v) is 4.55. The number of hydrogen-bond donors (Lipinski definition) is 2. The zero-order valence-corrected chi connectivity index (χ0v) is 18.7. The largest absolute Gasteiger partial charge is 0.481 e. The second kappa shape index (κ2) is 9.62. The lowest BCUT2D eigenvalue weighted by Crippen LogP contribution is -2.60. The number of methoxy groups -OCH3 is 1. The molecular weight excluding hydrogens is 424 g/mol. The van der Waals surface area contributed by atoms with Crippen molar-refractivity contribution in [1.82, 2.24) is 10.2 Å². The average Bonchev–Trinajstić information content (AvgIpc) is 3.10. The Bertz CT molecular complexity index is 1000. The van der Waals surface area contributed by atoms with Crippen molar-refractivity contribution >= 4 is 18.0 Å². The highest BCUT2D eigenvalue weighted by molar-refractivity contribution is 5.87. The molecular formula is C25H28N2O6. The molecule has 0 radical (unpaired) electrons. The highest BCUT2D eigenvalue weighted by atomic mass is 16.5. The molecule has 1 aliphatic heterocycles. The number of fused-ring (bicyclic) bond motifs is 3. The lowest BCUT2D eigenvalue weighted by atomic mass is 9.86. The Kier molecular flexibility index (Phi) is 6.65. The van der Waals surface area contributed by atoms with Gasteiger partial charge >= 0.3 is 12.1 Å². The fraction of sp³-hybridized carbons (Fsp3) is 0.400. The average molecular weight is 453 g/mol. The number of carbonyl (C=O) groups excluding carboxylic acids is 2. The summed E-state index contributed by atoms with van der Waals surface area (Å²) in [5, 5.41) is 11.7. The van der Waals surface area contributed by atoms with Gasteiger partial charge in [-0.1, -0.05) is 55.5 Å². The molecule has 2 aliphatic rings. The predicted octanol–water partition coefficient (Wildman–Crippen LogP) is 2.72. The van der Waals surface area contributed by atoms with Crippen LogP contribution in [0.2, 0.25) is 0 Å². The van der Waals surface area contributed by atoms with E-state index in [1.54, 1.807) is 6.92 Å². The fourth-order valence-electron chi connectivity index (χ4n) is 4.55. The number of hydrogen-bond acceptors (Lipinski definition) is 5. The Morgan fingerprint density at radius 2 is 1.64 bits per heavy atom. The number of carbonyl (C=O) groups is 3. The first-order valence-corrected chi connectivity index (χ1v) is 11.0. The van der Waals surface area contributed by atoms with Crippen LogP contribution >= 0.6 is 0 Å². The molecule has 1 saturated heterocycles. The van der Waals surface area contributed by atoms with Crippen LogP contribution in [0.4, 0.5) is 4.79 Å². The molecule has 0 spiro atoms. The van der Waals surface area contributed by atoms with Crippen LogP contribution in [0.15, 0.2) is 48.5 Å². The van der Waals surface area contributed by atoms with Crippen molar-refractivity contribution < 1.29 is 29.0 Å². The van der Waals surface area contributed by atoms with Crippen molar-refractivity contribution in [3.8, 4) is 11.1 Å². The van der Waals surface area contributed by atoms with Crippen LogP contribution in [-0.4, -0.2) is 67.4 Å². The molecule has 8 heteroatoms. The molecule has 2 aromatic carbocycles. The minimum atomic E-state index is -0.897. The van der Waals surface area contributed by atoms with E-state index in [1.807, 2.05) is 36.4 Å². The minimum Gasteiger partial charge on any atom is -0.481 e. The van der Waals surface area contributed by atoms with Crippen LogP contribution in [0.1, 0.15) is 24.0 Å². The molecule has 0 bridgehead atoms. The van der Waals surface area contributed by atoms with Crippen LogP contribution in [0.3, 0.4) is 0 Å². The maximum atomic E-state index is 12.8. The van der Waals surface area contributed by atoms with E-state index in [0.29, 0.717) is 13.1 Å². The van der Waals surface area contributed by atoms with Crippen molar-refractivity contribution in [2.75, 3.05) is 33.4 Å². The van der Waals surface area contributed by atoms with Gasteiger partial charge in [-0.15, -0.1) is 0 Å². The van der Waals surface area contributed by atoms with E-state index < -0.39 is 24.0 Å². The number of ether oxygens (including phenoxy) is 2. The third-order valence-corrected chi connectivity index (χ3v) is 6.59. The SMILES string of the molecule is COC[C@H](NC(=O)OCC1c2ccccc2-c2ccccc21)C(=O)N1CC(C(C)C(=O)O)C1. The molecule has 2 amide bonds. The van der Waals surface area contributed by atoms with E-state index in [0.717, 1.165) is 22.3 Å². The summed E-state index contributed by atoms with van der Waals surface area (Å²) in [5.41, 5.74) is 4.49. The van der Waals surface area contributed by atoms with Gasteiger partial charge in [0.2, 0.25) is 5.91 Å². The molecule has 1 aliphatic carbocycles. The number of carboxylic acid groups (broad SMARTS) is 1. The van der Waals surface area contributed by atoms with E-state index in [1.165, 1.54) is 12.0 Å². The van der Waals surface area contributed by atoms with Gasteiger partial charge in [0.1, 0.15) is 12.6 Å². The van der Waals surface area contributed by atoms with Gasteiger partial charge in [-0.3, -0.25) is 9.59 Å². The number of amides is 2. The smallest absolute Gasteiger partial charge is 0.407 e. The summed E-state index contributed by atoms with van der Waals surface area (Å²) >= 11 is 0. The van der Waals surface area contributed by atoms with E-state index in [9.17, 15) is 14.4 Å². The highest BCUT2D eigenvalue weighted by Gasteiger charge is 2.40. The molecule has 8 nitrogen and oxygen atoms in total. The van der Waals surface area contributed by atoms with Crippen molar-refractivity contribution in [3.05, 3.63) is 59.7 Å². The molecule has 2 atom stereocenters. The number of carboxylic acids is 1. The Morgan fingerprint density at radius 3 is 2.18 bits per heavy atom. The molecule has 0 aromatic heterocycles. The maximum Gasteiger partial charge on any atom is 0.407 e. The van der Waals surface area contributed by atoms with Crippen LogP contribution in [0.5, 0.6) is 0 Å². The molecule has 1 unspecified atom stereocenters. The summed E-state index contributed by atoms with van der Waals surface area (Å²) in [5.74, 6) is -1.88. The second-order valence-electron chi connectivity index (χ2n) is 8.61. The Morgan fingerprint density at radius 1 is 1.06 bits per heavy atom. The van der Waals surface area contributed by atoms with Gasteiger partial charge in [0.25, 0.3) is 0 Å². The van der Waals surface area contributed by atoms with Gasteiger partial charge in [-0.05, 0) is 22.3 Å². The van der Waals surface area contributed by atoms with Gasteiger partial charge in [0.15, 0.2) is 0 Å². The van der Waals surface area contributed by atoms with Gasteiger partial charge in [-0.25, -0.2) is 4.79 Å². The Balaban J connectivity index is 1.36. The van der Waals surface area contributed by atoms with E-state index in [-0.39, 0.29) is 31.0 Å². The lowest BCUT2D eigenvalue weighted by molar-refractivity contribution is -0.151. The summed E-state index contributed by atoms with van der Waals surface area (Å²) < 4.78 is 10.7. The molecule has 2 aromatic rings. The van der Waals surface area contributed by atoms with Crippen molar-refractivity contribution in [1.29, 1.82) is 0 Å². The second-order valence-corrected chi connectivity index (χ2v) is 8.61. The van der Waals surface area contributed by atoms with Gasteiger partial charge in [0, 0.05) is 32.0 Å². The number of aliphatic carboxylic acids is 1. The van der Waals surface area contributed by atoms with E-state index in [2.05, 4.69) is 17.4 Å². The summed E-state index contributed by atoms with van der Waals surface area (Å²) in [4.78, 5) is 38.0. The molecule has 0 saturated carbocycles. The zero-order chi connectivity index (χ0) is 23.5. The first-order chi connectivity index (χ1) is 15.9. The molecule has 4 rings (SSSR count). The topological polar surface area (TPSA) is 105 Å². The maximum absolute atomic E-state index is 12.8. The van der Waals surface area contributed by atoms with Gasteiger partial charge in [-0.2, -0.15) is 0 Å². The molecule has 1 heterocycles. The number of nitrogens with zero attached hydrogens (tertiary/aromatic N) is 1. The van der Waals surface area contributed by atoms with Crippen molar-refractivity contribution in [3.63, 3.8) is 0 Å². The highest BCUT2D eigenvalue weighted by Crippen LogP contribution is 2.44. The predicted molar refractivity (Wildman–Crippen MR) is 121 cm³/mol. The number of rotatable bonds is 8. The van der Waals surface area contributed by atoms with Gasteiger partial charge in [0.05, 0.1) is 12.5 Å². The summed E-state index contributed by atoms with van der Waals surface area (Å²) in [6.07, 6.45) is -0.691. The third kappa shape index (κ3) is 4.57. The van der Waals surface area contributed by atoms with Gasteiger partial charge < -0.3 is 24.8 Å². The monoisotopic (exact) mass is 452 g/mol. The zero-order valence-electron chi connectivity index (χ0n) is 18.7.